The van der Waals surface area contributed by atoms with Crippen LogP contribution >= 0.6 is 0 Å². The number of carbonyl (C=O) groups excluding carboxylic acids is 1. The molecule has 0 atom stereocenters. The average molecular weight is 507 g/mol. The molecule has 1 amide bonds. The highest BCUT2D eigenvalue weighted by molar-refractivity contribution is 6.09. The van der Waals surface area contributed by atoms with Gasteiger partial charge in [-0.15, -0.1) is 0 Å². The van der Waals surface area contributed by atoms with Gasteiger partial charge in [0.2, 0.25) is 5.95 Å². The summed E-state index contributed by atoms with van der Waals surface area (Å²) in [5.74, 6) is -2.20. The molecule has 1 saturated heterocycles. The van der Waals surface area contributed by atoms with Crippen molar-refractivity contribution in [3.63, 3.8) is 0 Å². The fraction of sp³-hybridized carbons (Fsp3) is 0.435. The maximum Gasteiger partial charge on any atom is 0.401 e. The van der Waals surface area contributed by atoms with Crippen LogP contribution in [-0.4, -0.2) is 69.0 Å². The van der Waals surface area contributed by atoms with Crippen LogP contribution in [0.15, 0.2) is 30.6 Å². The van der Waals surface area contributed by atoms with Gasteiger partial charge >= 0.3 is 6.18 Å². The van der Waals surface area contributed by atoms with Crippen LogP contribution in [0.3, 0.4) is 0 Å². The Bertz CT molecular complexity index is 1330. The quantitative estimate of drug-likeness (QED) is 0.507. The van der Waals surface area contributed by atoms with Crippen LogP contribution in [0.25, 0.3) is 11.4 Å². The van der Waals surface area contributed by atoms with Gasteiger partial charge in [-0.3, -0.25) is 18.9 Å². The number of anilines is 3. The number of hydrogen-bond donors (Lipinski definition) is 0. The summed E-state index contributed by atoms with van der Waals surface area (Å²) in [5.41, 5.74) is -0.0509. The predicted octanol–water partition coefficient (Wildman–Crippen LogP) is 3.41. The summed E-state index contributed by atoms with van der Waals surface area (Å²) in [7, 11) is 1.76. The molecule has 3 aromatic rings. The van der Waals surface area contributed by atoms with Crippen molar-refractivity contribution in [2.75, 3.05) is 42.5 Å². The predicted molar refractivity (Wildman–Crippen MR) is 120 cm³/mol. The molecule has 1 saturated carbocycles. The van der Waals surface area contributed by atoms with E-state index in [2.05, 4.69) is 10.1 Å². The molecule has 36 heavy (non-hydrogen) atoms. The molecule has 4 heterocycles. The number of rotatable bonds is 4. The third-order valence-electron chi connectivity index (χ3n) is 7.04. The molecule has 0 unspecified atom stereocenters. The highest BCUT2D eigenvalue weighted by Gasteiger charge is 2.62. The van der Waals surface area contributed by atoms with Crippen molar-refractivity contribution in [2.24, 2.45) is 7.05 Å². The van der Waals surface area contributed by atoms with Gasteiger partial charge in [0.25, 0.3) is 5.91 Å². The van der Waals surface area contributed by atoms with Gasteiger partial charge in [0.05, 0.1) is 18.4 Å². The lowest BCUT2D eigenvalue weighted by Crippen LogP contribution is -2.49. The molecule has 190 valence electrons. The SMILES string of the molecule is Cn1ccc(-c2cnc3n2C2(CC2)C(=O)N3c2c(F)cc(N3CCN(CC(F)(F)F)CC3)cc2F)n1. The highest BCUT2D eigenvalue weighted by Crippen LogP contribution is 2.56. The third kappa shape index (κ3) is 3.55. The van der Waals surface area contributed by atoms with Crippen molar-refractivity contribution < 1.29 is 26.7 Å². The molecular formula is C23H22F5N7O. The fourth-order valence-electron chi connectivity index (χ4n) is 5.17. The van der Waals surface area contributed by atoms with E-state index in [0.29, 0.717) is 24.2 Å². The van der Waals surface area contributed by atoms with E-state index in [4.69, 9.17) is 0 Å². The Hall–Kier alpha value is -3.48. The largest absolute Gasteiger partial charge is 0.401 e. The zero-order chi connectivity index (χ0) is 25.4. The number of halogens is 5. The normalized spacial score (nSPS) is 19.4. The summed E-state index contributed by atoms with van der Waals surface area (Å²) in [6.07, 6.45) is 0.0433. The molecule has 2 aliphatic heterocycles. The van der Waals surface area contributed by atoms with E-state index in [1.807, 2.05) is 0 Å². The van der Waals surface area contributed by atoms with Crippen molar-refractivity contribution in [1.82, 2.24) is 24.2 Å². The second-order valence-corrected chi connectivity index (χ2v) is 9.46. The van der Waals surface area contributed by atoms with Gasteiger partial charge in [0.1, 0.15) is 16.9 Å². The number of benzene rings is 1. The van der Waals surface area contributed by atoms with Crippen LogP contribution in [0.5, 0.6) is 0 Å². The van der Waals surface area contributed by atoms with Crippen LogP contribution < -0.4 is 9.80 Å². The molecule has 8 nitrogen and oxygen atoms in total. The van der Waals surface area contributed by atoms with E-state index in [1.54, 1.807) is 39.7 Å². The molecule has 3 aliphatic rings. The van der Waals surface area contributed by atoms with Crippen LogP contribution in [0.2, 0.25) is 0 Å². The molecule has 1 spiro atoms. The number of imidazole rings is 1. The molecule has 2 fully saturated rings. The van der Waals surface area contributed by atoms with Crippen LogP contribution in [0.4, 0.5) is 39.3 Å². The van der Waals surface area contributed by atoms with Crippen molar-refractivity contribution in [2.45, 2.75) is 24.6 Å². The number of hydrogen-bond acceptors (Lipinski definition) is 5. The second kappa shape index (κ2) is 7.76. The lowest BCUT2D eigenvalue weighted by molar-refractivity contribution is -0.146. The Morgan fingerprint density at radius 3 is 2.28 bits per heavy atom. The highest BCUT2D eigenvalue weighted by atomic mass is 19.4. The molecule has 1 aliphatic carbocycles. The van der Waals surface area contributed by atoms with Crippen LogP contribution in [0, 0.1) is 11.6 Å². The van der Waals surface area contributed by atoms with E-state index in [1.165, 1.54) is 4.90 Å². The minimum atomic E-state index is -4.30. The minimum Gasteiger partial charge on any atom is -0.369 e. The van der Waals surface area contributed by atoms with Crippen LogP contribution in [-0.2, 0) is 17.4 Å². The summed E-state index contributed by atoms with van der Waals surface area (Å²) in [4.78, 5) is 21.7. The Labute approximate surface area is 202 Å². The Morgan fingerprint density at radius 1 is 1.06 bits per heavy atom. The topological polar surface area (TPSA) is 62.4 Å². The number of carbonyl (C=O) groups is 1. The second-order valence-electron chi connectivity index (χ2n) is 9.46. The van der Waals surface area contributed by atoms with Gasteiger partial charge < -0.3 is 4.90 Å². The Kier molecular flexibility index (Phi) is 4.95. The van der Waals surface area contributed by atoms with Crippen molar-refractivity contribution in [1.29, 1.82) is 0 Å². The van der Waals surface area contributed by atoms with Crippen molar-refractivity contribution >= 4 is 23.2 Å². The Morgan fingerprint density at radius 2 is 1.72 bits per heavy atom. The van der Waals surface area contributed by atoms with Crippen LogP contribution in [0.1, 0.15) is 12.8 Å². The standard InChI is InChI=1S/C23H22F5N7O/c1-31-5-2-17(30-31)18-12-29-21-34(20(36)22(3-4-22)35(18)21)19-15(24)10-14(11-16(19)25)33-8-6-32(7-9-33)13-23(26,27)28/h2,5,10-12H,3-4,6-9,13H2,1H3. The Balaban J connectivity index is 1.31. The monoisotopic (exact) mass is 507 g/mol. The van der Waals surface area contributed by atoms with Gasteiger partial charge in [-0.2, -0.15) is 18.3 Å². The summed E-state index contributed by atoms with van der Waals surface area (Å²) in [6, 6.07) is 4.02. The number of piperazine rings is 1. The molecule has 13 heteroatoms. The zero-order valence-electron chi connectivity index (χ0n) is 19.3. The van der Waals surface area contributed by atoms with Gasteiger partial charge in [0, 0.05) is 45.1 Å². The first-order valence-electron chi connectivity index (χ1n) is 11.5. The van der Waals surface area contributed by atoms with E-state index < -0.39 is 41.5 Å². The minimum absolute atomic E-state index is 0.116. The number of fused-ring (bicyclic) bond motifs is 2. The molecule has 2 aromatic heterocycles. The number of alkyl halides is 3. The molecule has 0 N–H and O–H groups in total. The summed E-state index contributed by atoms with van der Waals surface area (Å²) in [6.45, 7) is -0.402. The van der Waals surface area contributed by atoms with Crippen molar-refractivity contribution in [3.05, 3.63) is 42.2 Å². The summed E-state index contributed by atoms with van der Waals surface area (Å²) in [5, 5.41) is 4.38. The first-order chi connectivity index (χ1) is 17.1. The van der Waals surface area contributed by atoms with Crippen molar-refractivity contribution in [3.8, 4) is 11.4 Å². The molecule has 0 bridgehead atoms. The van der Waals surface area contributed by atoms with Gasteiger partial charge in [0.15, 0.2) is 11.6 Å². The van der Waals surface area contributed by atoms with E-state index in [0.717, 1.165) is 17.0 Å². The van der Waals surface area contributed by atoms with Gasteiger partial charge in [-0.05, 0) is 31.0 Å². The number of aryl methyl sites for hydroxylation is 1. The zero-order valence-corrected chi connectivity index (χ0v) is 19.3. The molecule has 6 rings (SSSR count). The maximum absolute atomic E-state index is 15.4. The van der Waals surface area contributed by atoms with E-state index in [9.17, 15) is 18.0 Å². The van der Waals surface area contributed by atoms with Gasteiger partial charge in [-0.25, -0.2) is 18.7 Å². The molecule has 1 aromatic carbocycles. The first kappa shape index (κ1) is 23.0. The number of nitrogens with zero attached hydrogens (tertiary/aromatic N) is 7. The van der Waals surface area contributed by atoms with E-state index in [-0.39, 0.29) is 37.8 Å². The lowest BCUT2D eigenvalue weighted by atomic mass is 10.1. The van der Waals surface area contributed by atoms with E-state index >= 15 is 8.78 Å². The smallest absolute Gasteiger partial charge is 0.369 e. The molecular weight excluding hydrogens is 485 g/mol. The lowest BCUT2D eigenvalue weighted by Gasteiger charge is -2.36. The number of amides is 1. The third-order valence-corrected chi connectivity index (χ3v) is 7.04. The van der Waals surface area contributed by atoms with Gasteiger partial charge in [-0.1, -0.05) is 0 Å². The maximum atomic E-state index is 15.4. The summed E-state index contributed by atoms with van der Waals surface area (Å²) < 4.78 is 72.1. The number of aromatic nitrogens is 4. The fourth-order valence-corrected chi connectivity index (χ4v) is 5.17. The molecule has 0 radical (unpaired) electrons. The summed E-state index contributed by atoms with van der Waals surface area (Å²) >= 11 is 0. The first-order valence-corrected chi connectivity index (χ1v) is 11.5. The average Bonchev–Trinajstić information content (AvgIpc) is 3.20.